The molecule has 1 fully saturated rings. The summed E-state index contributed by atoms with van der Waals surface area (Å²) in [5.74, 6) is -0.824. The van der Waals surface area contributed by atoms with E-state index < -0.39 is 5.82 Å². The number of carbonyl (C=O) groups is 1. The molecule has 0 radical (unpaired) electrons. The van der Waals surface area contributed by atoms with Crippen LogP contribution in [0.2, 0.25) is 0 Å². The Bertz CT molecular complexity index is 1340. The second kappa shape index (κ2) is 7.59. The average Bonchev–Trinajstić information content (AvgIpc) is 3.42. The standard InChI is InChI=1S/C23H26FN7O/c1-13-9-30-10-16(8-19(24)22(30)26-13)27-23(32)17-5-6-20(18-12-29(4)28-21(17)18)31-11-15(25-3)7-14(31)2/h5-6,8-10,12,14-15,25H,7,11H2,1-4H3,(H,27,32)/t14-,15+/m1/s1. The number of hydrogen-bond acceptors (Lipinski definition) is 5. The maximum absolute atomic E-state index is 14.4. The summed E-state index contributed by atoms with van der Waals surface area (Å²) in [5, 5.41) is 11.7. The van der Waals surface area contributed by atoms with Gasteiger partial charge in [0, 0.05) is 61.4 Å². The largest absolute Gasteiger partial charge is 0.367 e. The Hall–Kier alpha value is -3.46. The first-order valence-corrected chi connectivity index (χ1v) is 10.7. The highest BCUT2D eigenvalue weighted by molar-refractivity contribution is 6.14. The molecule has 3 aromatic heterocycles. The summed E-state index contributed by atoms with van der Waals surface area (Å²) in [5.41, 5.74) is 3.43. The molecule has 1 aliphatic heterocycles. The van der Waals surface area contributed by atoms with Crippen molar-refractivity contribution < 1.29 is 9.18 Å². The Kier molecular flexibility index (Phi) is 4.85. The number of anilines is 2. The van der Waals surface area contributed by atoms with Crippen molar-refractivity contribution in [1.82, 2.24) is 24.5 Å². The van der Waals surface area contributed by atoms with Gasteiger partial charge in [0.15, 0.2) is 11.5 Å². The maximum Gasteiger partial charge on any atom is 0.257 e. The number of amides is 1. The zero-order valence-corrected chi connectivity index (χ0v) is 18.6. The fourth-order valence-corrected chi connectivity index (χ4v) is 4.66. The fourth-order valence-electron chi connectivity index (χ4n) is 4.66. The quantitative estimate of drug-likeness (QED) is 0.515. The molecular weight excluding hydrogens is 409 g/mol. The van der Waals surface area contributed by atoms with Crippen molar-refractivity contribution in [1.29, 1.82) is 0 Å². The smallest absolute Gasteiger partial charge is 0.257 e. The van der Waals surface area contributed by atoms with Crippen molar-refractivity contribution in [3.63, 3.8) is 0 Å². The Morgan fingerprint density at radius 2 is 2.06 bits per heavy atom. The number of pyridine rings is 1. The zero-order chi connectivity index (χ0) is 22.6. The van der Waals surface area contributed by atoms with Crippen molar-refractivity contribution in [3.05, 3.63) is 53.9 Å². The topological polar surface area (TPSA) is 79.5 Å². The summed E-state index contributed by atoms with van der Waals surface area (Å²) in [6.45, 7) is 4.91. The molecule has 4 aromatic rings. The van der Waals surface area contributed by atoms with Crippen molar-refractivity contribution in [2.45, 2.75) is 32.4 Å². The van der Waals surface area contributed by atoms with E-state index in [1.165, 1.54) is 6.07 Å². The van der Waals surface area contributed by atoms with E-state index >= 15 is 0 Å². The van der Waals surface area contributed by atoms with Crippen LogP contribution in [0.3, 0.4) is 0 Å². The van der Waals surface area contributed by atoms with Crippen molar-refractivity contribution >= 4 is 33.8 Å². The van der Waals surface area contributed by atoms with Crippen LogP contribution in [0.25, 0.3) is 16.6 Å². The number of carbonyl (C=O) groups excluding carboxylic acids is 1. The average molecular weight is 436 g/mol. The second-order valence-corrected chi connectivity index (χ2v) is 8.56. The van der Waals surface area contributed by atoms with Crippen LogP contribution in [0.1, 0.15) is 29.4 Å². The number of halogens is 1. The molecule has 2 N–H and O–H groups in total. The van der Waals surface area contributed by atoms with Crippen molar-refractivity contribution in [3.8, 4) is 0 Å². The third-order valence-corrected chi connectivity index (χ3v) is 6.19. The van der Waals surface area contributed by atoms with E-state index in [1.807, 2.05) is 26.4 Å². The Morgan fingerprint density at radius 3 is 2.81 bits per heavy atom. The van der Waals surface area contributed by atoms with Crippen molar-refractivity contribution in [2.24, 2.45) is 7.05 Å². The lowest BCUT2D eigenvalue weighted by Crippen LogP contribution is -2.31. The van der Waals surface area contributed by atoms with Gasteiger partial charge in [-0.15, -0.1) is 0 Å². The lowest BCUT2D eigenvalue weighted by atomic mass is 10.1. The minimum Gasteiger partial charge on any atom is -0.367 e. The van der Waals surface area contributed by atoms with Gasteiger partial charge in [0.1, 0.15) is 5.52 Å². The van der Waals surface area contributed by atoms with Gasteiger partial charge in [0.2, 0.25) is 0 Å². The summed E-state index contributed by atoms with van der Waals surface area (Å²) >= 11 is 0. The van der Waals surface area contributed by atoms with Crippen LogP contribution in [0.5, 0.6) is 0 Å². The number of aryl methyl sites for hydroxylation is 2. The van der Waals surface area contributed by atoms with E-state index in [2.05, 4.69) is 32.5 Å². The van der Waals surface area contributed by atoms with Gasteiger partial charge >= 0.3 is 0 Å². The molecule has 1 aromatic carbocycles. The van der Waals surface area contributed by atoms with Gasteiger partial charge in [-0.1, -0.05) is 0 Å². The molecule has 1 amide bonds. The number of fused-ring (bicyclic) bond motifs is 2. The highest BCUT2D eigenvalue weighted by Gasteiger charge is 2.30. The summed E-state index contributed by atoms with van der Waals surface area (Å²) in [6.07, 6.45) is 6.38. The first kappa shape index (κ1) is 20.4. The third-order valence-electron chi connectivity index (χ3n) is 6.19. The molecule has 0 unspecified atom stereocenters. The van der Waals surface area contributed by atoms with Crippen molar-refractivity contribution in [2.75, 3.05) is 23.8 Å². The first-order chi connectivity index (χ1) is 15.3. The van der Waals surface area contributed by atoms with Crippen LogP contribution in [0.4, 0.5) is 15.8 Å². The second-order valence-electron chi connectivity index (χ2n) is 8.56. The molecule has 0 saturated carbocycles. The molecule has 9 heteroatoms. The normalized spacial score (nSPS) is 18.7. The highest BCUT2D eigenvalue weighted by Crippen LogP contribution is 2.34. The summed E-state index contributed by atoms with van der Waals surface area (Å²) in [6, 6.07) is 5.87. The minimum atomic E-state index is -0.490. The van der Waals surface area contributed by atoms with Crippen LogP contribution in [0, 0.1) is 12.7 Å². The SMILES string of the molecule is CN[C@H]1C[C@@H](C)N(c2ccc(C(=O)Nc3cc(F)c4nc(C)cn4c3)c3nn(C)cc23)C1. The number of imidazole rings is 1. The predicted octanol–water partition coefficient (Wildman–Crippen LogP) is 3.11. The fraction of sp³-hybridized carbons (Fsp3) is 0.348. The molecule has 5 rings (SSSR count). The minimum absolute atomic E-state index is 0.233. The van der Waals surface area contributed by atoms with E-state index in [0.29, 0.717) is 34.5 Å². The van der Waals surface area contributed by atoms with Crippen LogP contribution in [-0.2, 0) is 7.05 Å². The van der Waals surface area contributed by atoms with Gasteiger partial charge in [0.25, 0.3) is 5.91 Å². The zero-order valence-electron chi connectivity index (χ0n) is 18.6. The molecule has 1 saturated heterocycles. The molecule has 1 aliphatic rings. The molecule has 4 heterocycles. The Balaban J connectivity index is 1.50. The van der Waals surface area contributed by atoms with Gasteiger partial charge in [-0.05, 0) is 39.4 Å². The van der Waals surface area contributed by atoms with Crippen LogP contribution < -0.4 is 15.5 Å². The van der Waals surface area contributed by atoms with E-state index in [-0.39, 0.29) is 11.6 Å². The van der Waals surface area contributed by atoms with E-state index in [9.17, 15) is 9.18 Å². The molecule has 32 heavy (non-hydrogen) atoms. The first-order valence-electron chi connectivity index (χ1n) is 10.7. The molecule has 166 valence electrons. The van der Waals surface area contributed by atoms with Gasteiger partial charge in [-0.3, -0.25) is 9.48 Å². The monoisotopic (exact) mass is 435 g/mol. The lowest BCUT2D eigenvalue weighted by molar-refractivity contribution is 0.102. The Morgan fingerprint density at radius 1 is 1.25 bits per heavy atom. The van der Waals surface area contributed by atoms with E-state index in [4.69, 9.17) is 0 Å². The summed E-state index contributed by atoms with van der Waals surface area (Å²) in [4.78, 5) is 19.7. The molecule has 0 bridgehead atoms. The number of likely N-dealkylation sites (N-methyl/N-ethyl adjacent to an activating group) is 1. The van der Waals surface area contributed by atoms with E-state index in [1.54, 1.807) is 34.5 Å². The van der Waals surface area contributed by atoms with Gasteiger partial charge in [-0.2, -0.15) is 5.10 Å². The molecule has 0 spiro atoms. The van der Waals surface area contributed by atoms with Crippen LogP contribution in [0.15, 0.2) is 36.8 Å². The number of rotatable bonds is 4. The molecular formula is C23H26FN7O. The third kappa shape index (κ3) is 3.38. The number of hydrogen-bond donors (Lipinski definition) is 2. The lowest BCUT2D eigenvalue weighted by Gasteiger charge is -2.25. The van der Waals surface area contributed by atoms with Gasteiger partial charge < -0.3 is 19.9 Å². The van der Waals surface area contributed by atoms with Crippen LogP contribution >= 0.6 is 0 Å². The molecule has 2 atom stereocenters. The van der Waals surface area contributed by atoms with Gasteiger partial charge in [0.05, 0.1) is 16.9 Å². The highest BCUT2D eigenvalue weighted by atomic mass is 19.1. The number of aromatic nitrogens is 4. The predicted molar refractivity (Wildman–Crippen MR) is 123 cm³/mol. The number of nitrogens with zero attached hydrogens (tertiary/aromatic N) is 5. The van der Waals surface area contributed by atoms with Crippen LogP contribution in [-0.4, -0.2) is 50.7 Å². The van der Waals surface area contributed by atoms with E-state index in [0.717, 1.165) is 24.0 Å². The summed E-state index contributed by atoms with van der Waals surface area (Å²) in [7, 11) is 3.83. The van der Waals surface area contributed by atoms with Gasteiger partial charge in [-0.25, -0.2) is 9.37 Å². The summed E-state index contributed by atoms with van der Waals surface area (Å²) < 4.78 is 17.7. The number of benzene rings is 1. The number of nitrogens with one attached hydrogen (secondary N) is 2. The molecule has 0 aliphatic carbocycles. The molecule has 8 nitrogen and oxygen atoms in total. The Labute approximate surface area is 185 Å². The maximum atomic E-state index is 14.4.